The van der Waals surface area contributed by atoms with E-state index in [9.17, 15) is 0 Å². The number of rotatable bonds is 4. The molecule has 4 heteroatoms. The zero-order valence-corrected chi connectivity index (χ0v) is 12.3. The third-order valence-corrected chi connectivity index (χ3v) is 4.31. The second-order valence-corrected chi connectivity index (χ2v) is 6.04. The molecule has 3 nitrogen and oxygen atoms in total. The Morgan fingerprint density at radius 3 is 2.55 bits per heavy atom. The smallest absolute Gasteiger partial charge is 0.0945 e. The van der Waals surface area contributed by atoms with Gasteiger partial charge in [0.05, 0.1) is 6.33 Å². The Bertz CT molecular complexity index is 513. The van der Waals surface area contributed by atoms with Crippen molar-refractivity contribution in [1.82, 2.24) is 14.5 Å². The van der Waals surface area contributed by atoms with Gasteiger partial charge in [-0.25, -0.2) is 4.98 Å². The van der Waals surface area contributed by atoms with E-state index in [4.69, 9.17) is 11.6 Å². The van der Waals surface area contributed by atoms with E-state index in [1.165, 1.54) is 31.5 Å². The molecule has 0 spiro atoms. The fourth-order valence-corrected chi connectivity index (χ4v) is 2.99. The van der Waals surface area contributed by atoms with Crippen molar-refractivity contribution in [3.05, 3.63) is 53.6 Å². The molecule has 0 radical (unpaired) electrons. The number of benzene rings is 1. The van der Waals surface area contributed by atoms with E-state index >= 15 is 0 Å². The Balaban J connectivity index is 1.47. The Kier molecular flexibility index (Phi) is 4.38. The van der Waals surface area contributed by atoms with Crippen LogP contribution in [0.3, 0.4) is 0 Å². The number of likely N-dealkylation sites (tertiary alicyclic amines) is 1. The van der Waals surface area contributed by atoms with E-state index in [1.807, 2.05) is 24.7 Å². The van der Waals surface area contributed by atoms with Crippen molar-refractivity contribution in [2.45, 2.75) is 25.9 Å². The third kappa shape index (κ3) is 3.62. The van der Waals surface area contributed by atoms with Crippen LogP contribution in [-0.2, 0) is 13.1 Å². The summed E-state index contributed by atoms with van der Waals surface area (Å²) in [4.78, 5) is 6.64. The van der Waals surface area contributed by atoms with Gasteiger partial charge in [0.25, 0.3) is 0 Å². The van der Waals surface area contributed by atoms with E-state index in [2.05, 4.69) is 32.8 Å². The molecule has 1 fully saturated rings. The largest absolute Gasteiger partial charge is 0.337 e. The van der Waals surface area contributed by atoms with Gasteiger partial charge in [-0.1, -0.05) is 23.7 Å². The summed E-state index contributed by atoms with van der Waals surface area (Å²) >= 11 is 5.92. The summed E-state index contributed by atoms with van der Waals surface area (Å²) < 4.78 is 2.19. The van der Waals surface area contributed by atoms with Gasteiger partial charge in [-0.3, -0.25) is 4.90 Å². The lowest BCUT2D eigenvalue weighted by Crippen LogP contribution is -2.34. The van der Waals surface area contributed by atoms with Crippen LogP contribution in [0.1, 0.15) is 18.4 Å². The molecule has 1 aliphatic heterocycles. The highest BCUT2D eigenvalue weighted by atomic mass is 35.5. The lowest BCUT2D eigenvalue weighted by atomic mass is 9.96. The van der Waals surface area contributed by atoms with Gasteiger partial charge < -0.3 is 4.57 Å². The molecule has 2 heterocycles. The van der Waals surface area contributed by atoms with Crippen molar-refractivity contribution in [2.24, 2.45) is 5.92 Å². The van der Waals surface area contributed by atoms with Gasteiger partial charge in [0.2, 0.25) is 0 Å². The Hall–Kier alpha value is -1.32. The van der Waals surface area contributed by atoms with Crippen LogP contribution in [0.15, 0.2) is 43.0 Å². The van der Waals surface area contributed by atoms with Gasteiger partial charge in [0.15, 0.2) is 0 Å². The molecule has 0 unspecified atom stereocenters. The first kappa shape index (κ1) is 13.7. The van der Waals surface area contributed by atoms with Crippen LogP contribution in [0.4, 0.5) is 0 Å². The maximum atomic E-state index is 5.92. The molecule has 0 bridgehead atoms. The Morgan fingerprint density at radius 1 is 1.15 bits per heavy atom. The summed E-state index contributed by atoms with van der Waals surface area (Å²) in [5, 5.41) is 0.813. The zero-order valence-electron chi connectivity index (χ0n) is 11.6. The Morgan fingerprint density at radius 2 is 1.90 bits per heavy atom. The third-order valence-electron chi connectivity index (χ3n) is 4.05. The van der Waals surface area contributed by atoms with Crippen molar-refractivity contribution < 1.29 is 0 Å². The van der Waals surface area contributed by atoms with Crippen molar-refractivity contribution in [1.29, 1.82) is 0 Å². The summed E-state index contributed by atoms with van der Waals surface area (Å²) in [5.41, 5.74) is 1.35. The Labute approximate surface area is 125 Å². The normalized spacial score (nSPS) is 17.4. The lowest BCUT2D eigenvalue weighted by Gasteiger charge is -2.32. The monoisotopic (exact) mass is 289 g/mol. The summed E-state index contributed by atoms with van der Waals surface area (Å²) in [6.07, 6.45) is 8.37. The highest BCUT2D eigenvalue weighted by molar-refractivity contribution is 6.30. The minimum absolute atomic E-state index is 0.783. The number of nitrogens with zero attached hydrogens (tertiary/aromatic N) is 3. The second kappa shape index (κ2) is 6.42. The number of halogens is 1. The predicted octanol–water partition coefficient (Wildman–Crippen LogP) is 3.45. The van der Waals surface area contributed by atoms with Gasteiger partial charge >= 0.3 is 0 Å². The fourth-order valence-electron chi connectivity index (χ4n) is 2.87. The minimum Gasteiger partial charge on any atom is -0.337 e. The molecule has 0 aliphatic carbocycles. The molecule has 3 rings (SSSR count). The number of hydrogen-bond acceptors (Lipinski definition) is 2. The van der Waals surface area contributed by atoms with Gasteiger partial charge in [-0.05, 0) is 49.5 Å². The first-order valence-electron chi connectivity index (χ1n) is 7.22. The molecule has 0 atom stereocenters. The molecule has 1 aromatic heterocycles. The average molecular weight is 290 g/mol. The molecule has 1 saturated heterocycles. The molecular weight excluding hydrogens is 270 g/mol. The van der Waals surface area contributed by atoms with E-state index in [1.54, 1.807) is 0 Å². The van der Waals surface area contributed by atoms with Crippen molar-refractivity contribution >= 4 is 11.6 Å². The summed E-state index contributed by atoms with van der Waals surface area (Å²) in [6.45, 7) is 4.51. The van der Waals surface area contributed by atoms with E-state index < -0.39 is 0 Å². The van der Waals surface area contributed by atoms with Crippen molar-refractivity contribution in [2.75, 3.05) is 13.1 Å². The van der Waals surface area contributed by atoms with Gasteiger partial charge in [0.1, 0.15) is 0 Å². The van der Waals surface area contributed by atoms with Crippen LogP contribution in [0.2, 0.25) is 5.02 Å². The van der Waals surface area contributed by atoms with Crippen LogP contribution in [-0.4, -0.2) is 27.5 Å². The number of piperidine rings is 1. The molecule has 106 valence electrons. The van der Waals surface area contributed by atoms with Crippen molar-refractivity contribution in [3.63, 3.8) is 0 Å². The summed E-state index contributed by atoms with van der Waals surface area (Å²) in [5.74, 6) is 0.783. The van der Waals surface area contributed by atoms with E-state index in [0.717, 1.165) is 24.0 Å². The molecule has 2 aromatic rings. The highest BCUT2D eigenvalue weighted by Gasteiger charge is 2.19. The van der Waals surface area contributed by atoms with Crippen LogP contribution in [0.25, 0.3) is 0 Å². The topological polar surface area (TPSA) is 21.1 Å². The van der Waals surface area contributed by atoms with Crippen molar-refractivity contribution in [3.8, 4) is 0 Å². The lowest BCUT2D eigenvalue weighted by molar-refractivity contribution is 0.167. The zero-order chi connectivity index (χ0) is 13.8. The van der Waals surface area contributed by atoms with Crippen LogP contribution in [0.5, 0.6) is 0 Å². The quantitative estimate of drug-likeness (QED) is 0.860. The van der Waals surface area contributed by atoms with Gasteiger partial charge in [0, 0.05) is 30.5 Å². The molecule has 1 aliphatic rings. The van der Waals surface area contributed by atoms with Gasteiger partial charge in [-0.15, -0.1) is 0 Å². The average Bonchev–Trinajstić information content (AvgIpc) is 2.96. The molecular formula is C16H20ClN3. The molecule has 0 amide bonds. The number of hydrogen-bond donors (Lipinski definition) is 0. The SMILES string of the molecule is Clc1ccc(CN2CCC(Cn3ccnc3)CC2)cc1. The van der Waals surface area contributed by atoms with Crippen LogP contribution < -0.4 is 0 Å². The number of aromatic nitrogens is 2. The fraction of sp³-hybridized carbons (Fsp3) is 0.438. The van der Waals surface area contributed by atoms with Crippen LogP contribution in [0, 0.1) is 5.92 Å². The standard InChI is InChI=1S/C16H20ClN3/c17-16-3-1-14(2-4-16)11-19-8-5-15(6-9-19)12-20-10-7-18-13-20/h1-4,7,10,13,15H,5-6,8-9,11-12H2. The molecule has 20 heavy (non-hydrogen) atoms. The highest BCUT2D eigenvalue weighted by Crippen LogP contribution is 2.21. The predicted molar refractivity (Wildman–Crippen MR) is 81.7 cm³/mol. The summed E-state index contributed by atoms with van der Waals surface area (Å²) in [6, 6.07) is 8.20. The first-order valence-corrected chi connectivity index (χ1v) is 7.60. The maximum absolute atomic E-state index is 5.92. The number of imidazole rings is 1. The molecule has 0 saturated carbocycles. The maximum Gasteiger partial charge on any atom is 0.0945 e. The van der Waals surface area contributed by atoms with Gasteiger partial charge in [-0.2, -0.15) is 0 Å². The second-order valence-electron chi connectivity index (χ2n) is 5.61. The van der Waals surface area contributed by atoms with Crippen LogP contribution >= 0.6 is 11.6 Å². The molecule has 0 N–H and O–H groups in total. The first-order chi connectivity index (χ1) is 9.79. The minimum atomic E-state index is 0.783. The molecule has 1 aromatic carbocycles. The summed E-state index contributed by atoms with van der Waals surface area (Å²) in [7, 11) is 0. The van der Waals surface area contributed by atoms with E-state index in [-0.39, 0.29) is 0 Å². The van der Waals surface area contributed by atoms with E-state index in [0.29, 0.717) is 0 Å².